The number of aryl methyl sites for hydroxylation is 2. The van der Waals surface area contributed by atoms with Crippen LogP contribution in [0.4, 0.5) is 11.5 Å². The van der Waals surface area contributed by atoms with Crippen molar-refractivity contribution in [2.24, 2.45) is 0 Å². The summed E-state index contributed by atoms with van der Waals surface area (Å²) >= 11 is 0. The minimum absolute atomic E-state index is 0.0710. The number of rotatable bonds is 5. The van der Waals surface area contributed by atoms with Crippen LogP contribution in [-0.2, 0) is 21.4 Å². The smallest absolute Gasteiger partial charge is 0.247 e. The monoisotopic (exact) mass is 323 g/mol. The van der Waals surface area contributed by atoms with E-state index >= 15 is 0 Å². The highest BCUT2D eigenvalue weighted by molar-refractivity contribution is 7.92. The molecule has 0 fully saturated rings. The Morgan fingerprint density at radius 1 is 1.23 bits per heavy atom. The number of hydrogen-bond donors (Lipinski definition) is 2. The quantitative estimate of drug-likeness (QED) is 0.850. The minimum Gasteiger partial charge on any atom is -0.324 e. The van der Waals surface area contributed by atoms with Crippen molar-refractivity contribution in [2.75, 3.05) is 16.3 Å². The van der Waals surface area contributed by atoms with E-state index in [0.29, 0.717) is 5.69 Å². The van der Waals surface area contributed by atoms with E-state index in [0.717, 1.165) is 22.2 Å². The van der Waals surface area contributed by atoms with Crippen LogP contribution in [0.2, 0.25) is 0 Å². The van der Waals surface area contributed by atoms with Gasteiger partial charge in [-0.15, -0.1) is 5.10 Å². The summed E-state index contributed by atoms with van der Waals surface area (Å²) in [5, 5.41) is 10.5. The Labute approximate surface area is 128 Å². The average Bonchev–Trinajstić information content (AvgIpc) is 2.71. The molecule has 2 N–H and O–H groups in total. The van der Waals surface area contributed by atoms with Gasteiger partial charge in [-0.1, -0.05) is 6.07 Å². The Bertz CT molecular complexity index is 778. The first-order valence-electron chi connectivity index (χ1n) is 6.47. The van der Waals surface area contributed by atoms with Crippen LogP contribution in [0.25, 0.3) is 0 Å². The van der Waals surface area contributed by atoms with Gasteiger partial charge in [0.25, 0.3) is 0 Å². The average molecular weight is 323 g/mol. The van der Waals surface area contributed by atoms with Crippen LogP contribution in [0.1, 0.15) is 11.1 Å². The maximum Gasteiger partial charge on any atom is 0.247 e. The molecule has 0 saturated carbocycles. The topological polar surface area (TPSA) is 106 Å². The number of carbonyl (C=O) groups excluding carboxylic acids is 1. The molecule has 9 heteroatoms. The molecule has 1 aromatic heterocycles. The molecule has 1 amide bonds. The molecule has 8 nitrogen and oxygen atoms in total. The fourth-order valence-corrected chi connectivity index (χ4v) is 2.46. The molecule has 0 radical (unpaired) electrons. The number of aromatic nitrogens is 3. The highest BCUT2D eigenvalue weighted by atomic mass is 32.2. The lowest BCUT2D eigenvalue weighted by Gasteiger charge is -2.07. The number of sulfonamides is 1. The van der Waals surface area contributed by atoms with Crippen LogP contribution in [0, 0.1) is 13.8 Å². The number of benzene rings is 1. The SMILES string of the molecule is Cc1cc(C)cc(NC(=O)Cn2ncc(NS(C)(=O)=O)n2)c1. The van der Waals surface area contributed by atoms with Crippen molar-refractivity contribution in [3.63, 3.8) is 0 Å². The Kier molecular flexibility index (Phi) is 4.45. The van der Waals surface area contributed by atoms with Crippen molar-refractivity contribution >= 4 is 27.4 Å². The molecular formula is C13H17N5O3S. The van der Waals surface area contributed by atoms with E-state index in [1.807, 2.05) is 32.0 Å². The van der Waals surface area contributed by atoms with Crippen molar-refractivity contribution < 1.29 is 13.2 Å². The molecule has 22 heavy (non-hydrogen) atoms. The van der Waals surface area contributed by atoms with Gasteiger partial charge in [-0.2, -0.15) is 9.90 Å². The first-order valence-corrected chi connectivity index (χ1v) is 8.36. The lowest BCUT2D eigenvalue weighted by atomic mass is 10.1. The van der Waals surface area contributed by atoms with Crippen LogP contribution in [0.15, 0.2) is 24.4 Å². The third kappa shape index (κ3) is 4.85. The number of carbonyl (C=O) groups is 1. The van der Waals surface area contributed by atoms with Gasteiger partial charge in [0.05, 0.1) is 12.5 Å². The van der Waals surface area contributed by atoms with Gasteiger partial charge in [0.1, 0.15) is 6.54 Å². The summed E-state index contributed by atoms with van der Waals surface area (Å²) in [4.78, 5) is 13.1. The zero-order chi connectivity index (χ0) is 16.3. The first kappa shape index (κ1) is 16.0. The number of nitrogens with one attached hydrogen (secondary N) is 2. The van der Waals surface area contributed by atoms with Gasteiger partial charge < -0.3 is 5.32 Å². The van der Waals surface area contributed by atoms with E-state index in [9.17, 15) is 13.2 Å². The van der Waals surface area contributed by atoms with Crippen LogP contribution < -0.4 is 10.0 Å². The standard InChI is InChI=1S/C13H17N5O3S/c1-9-4-10(2)6-11(5-9)15-13(19)8-18-14-7-12(16-18)17-22(3,20)21/h4-7H,8H2,1-3H3,(H,15,19)(H,16,17). The van der Waals surface area contributed by atoms with Crippen molar-refractivity contribution in [1.29, 1.82) is 0 Å². The summed E-state index contributed by atoms with van der Waals surface area (Å²) in [5.74, 6) is -0.229. The predicted molar refractivity (Wildman–Crippen MR) is 83.0 cm³/mol. The van der Waals surface area contributed by atoms with E-state index in [2.05, 4.69) is 20.2 Å². The molecule has 0 saturated heterocycles. The molecular weight excluding hydrogens is 306 g/mol. The van der Waals surface area contributed by atoms with Crippen molar-refractivity contribution in [1.82, 2.24) is 15.0 Å². The third-order valence-corrected chi connectivity index (χ3v) is 3.20. The molecule has 1 heterocycles. The molecule has 118 valence electrons. The number of amides is 1. The van der Waals surface area contributed by atoms with Crippen molar-refractivity contribution in [2.45, 2.75) is 20.4 Å². The van der Waals surface area contributed by atoms with Gasteiger partial charge in [0, 0.05) is 5.69 Å². The highest BCUT2D eigenvalue weighted by Crippen LogP contribution is 2.13. The zero-order valence-electron chi connectivity index (χ0n) is 12.5. The summed E-state index contributed by atoms with van der Waals surface area (Å²) in [6.45, 7) is 3.78. The van der Waals surface area contributed by atoms with Gasteiger partial charge in [0.2, 0.25) is 15.9 Å². The van der Waals surface area contributed by atoms with Crippen molar-refractivity contribution in [3.8, 4) is 0 Å². The largest absolute Gasteiger partial charge is 0.324 e. The van der Waals surface area contributed by atoms with Gasteiger partial charge in [-0.25, -0.2) is 8.42 Å². The van der Waals surface area contributed by atoms with Crippen LogP contribution in [-0.4, -0.2) is 35.6 Å². The normalized spacial score (nSPS) is 11.2. The maximum atomic E-state index is 11.9. The molecule has 0 unspecified atom stereocenters. The molecule has 0 aliphatic carbocycles. The Morgan fingerprint density at radius 3 is 2.45 bits per heavy atom. The molecule has 2 rings (SSSR count). The Balaban J connectivity index is 2.00. The first-order chi connectivity index (χ1) is 10.2. The lowest BCUT2D eigenvalue weighted by Crippen LogP contribution is -2.20. The van der Waals surface area contributed by atoms with Crippen LogP contribution in [0.5, 0.6) is 0 Å². The maximum absolute atomic E-state index is 11.9. The number of hydrogen-bond acceptors (Lipinski definition) is 5. The molecule has 0 atom stereocenters. The predicted octanol–water partition coefficient (Wildman–Crippen LogP) is 0.905. The zero-order valence-corrected chi connectivity index (χ0v) is 13.3. The van der Waals surface area contributed by atoms with E-state index in [4.69, 9.17) is 0 Å². The lowest BCUT2D eigenvalue weighted by molar-refractivity contribution is -0.117. The molecule has 2 aromatic rings. The van der Waals surface area contributed by atoms with Crippen molar-refractivity contribution in [3.05, 3.63) is 35.5 Å². The van der Waals surface area contributed by atoms with Gasteiger partial charge in [-0.05, 0) is 37.1 Å². The van der Waals surface area contributed by atoms with Crippen LogP contribution >= 0.6 is 0 Å². The van der Waals surface area contributed by atoms with E-state index in [1.54, 1.807) is 0 Å². The van der Waals surface area contributed by atoms with E-state index in [-0.39, 0.29) is 18.3 Å². The summed E-state index contributed by atoms with van der Waals surface area (Å²) in [6.07, 6.45) is 2.25. The van der Waals surface area contributed by atoms with Gasteiger partial charge >= 0.3 is 0 Å². The second-order valence-electron chi connectivity index (χ2n) is 5.06. The number of nitrogens with zero attached hydrogens (tertiary/aromatic N) is 3. The molecule has 0 aliphatic rings. The molecule has 0 spiro atoms. The Morgan fingerprint density at radius 2 is 1.86 bits per heavy atom. The molecule has 0 bridgehead atoms. The molecule has 1 aromatic carbocycles. The van der Waals surface area contributed by atoms with Gasteiger partial charge in [-0.3, -0.25) is 9.52 Å². The fraction of sp³-hybridized carbons (Fsp3) is 0.308. The summed E-state index contributed by atoms with van der Waals surface area (Å²) in [7, 11) is -3.42. The summed E-state index contributed by atoms with van der Waals surface area (Å²) in [5.41, 5.74) is 2.79. The number of anilines is 2. The third-order valence-electron chi connectivity index (χ3n) is 2.62. The second kappa shape index (κ2) is 6.14. The minimum atomic E-state index is -3.42. The van der Waals surface area contributed by atoms with E-state index < -0.39 is 10.0 Å². The fourth-order valence-electron chi connectivity index (χ4n) is 1.99. The second-order valence-corrected chi connectivity index (χ2v) is 6.81. The Hall–Kier alpha value is -2.42. The highest BCUT2D eigenvalue weighted by Gasteiger charge is 2.09. The summed E-state index contributed by atoms with van der Waals surface area (Å²) in [6, 6.07) is 5.73. The molecule has 0 aliphatic heterocycles. The van der Waals surface area contributed by atoms with Gasteiger partial charge in [0.15, 0.2) is 5.82 Å². The van der Waals surface area contributed by atoms with E-state index in [1.165, 1.54) is 6.20 Å². The summed E-state index contributed by atoms with van der Waals surface area (Å²) < 4.78 is 24.3. The van der Waals surface area contributed by atoms with Crippen LogP contribution in [0.3, 0.4) is 0 Å².